The highest BCUT2D eigenvalue weighted by molar-refractivity contribution is 7.15. The van der Waals surface area contributed by atoms with E-state index in [9.17, 15) is 4.79 Å². The minimum absolute atomic E-state index is 0.0298. The lowest BCUT2D eigenvalue weighted by atomic mass is 10.2. The molecule has 0 aliphatic carbocycles. The van der Waals surface area contributed by atoms with Gasteiger partial charge in [-0.2, -0.15) is 0 Å². The molecule has 0 bridgehead atoms. The van der Waals surface area contributed by atoms with E-state index in [4.69, 9.17) is 10.5 Å². The first-order valence-corrected chi connectivity index (χ1v) is 7.26. The average Bonchev–Trinajstić information content (AvgIpc) is 2.96. The Morgan fingerprint density at radius 2 is 2.25 bits per heavy atom. The first-order chi connectivity index (χ1) is 9.69. The van der Waals surface area contributed by atoms with Crippen LogP contribution < -0.4 is 10.5 Å². The zero-order valence-corrected chi connectivity index (χ0v) is 11.9. The summed E-state index contributed by atoms with van der Waals surface area (Å²) in [7, 11) is 0. The van der Waals surface area contributed by atoms with Gasteiger partial charge in [-0.25, -0.2) is 4.98 Å². The van der Waals surface area contributed by atoms with Crippen LogP contribution in [0.1, 0.15) is 27.9 Å². The number of carbonyl (C=O) groups excluding carboxylic acids is 1. The molecule has 0 spiro atoms. The first-order valence-electron chi connectivity index (χ1n) is 6.44. The van der Waals surface area contributed by atoms with E-state index in [0.717, 1.165) is 10.6 Å². The SMILES string of the molecule is CCOc1ccccc1C(=O)N1Cc2nc(N)sc2C1. The largest absolute Gasteiger partial charge is 0.493 e. The molecule has 1 aromatic carbocycles. The van der Waals surface area contributed by atoms with Crippen molar-refractivity contribution >= 4 is 22.4 Å². The number of anilines is 1. The van der Waals surface area contributed by atoms with Gasteiger partial charge in [-0.1, -0.05) is 12.1 Å². The fourth-order valence-corrected chi connectivity index (χ4v) is 3.16. The monoisotopic (exact) mass is 289 g/mol. The number of thiazole rings is 1. The van der Waals surface area contributed by atoms with Crippen molar-refractivity contribution in [2.45, 2.75) is 20.0 Å². The predicted molar refractivity (Wildman–Crippen MR) is 77.7 cm³/mol. The van der Waals surface area contributed by atoms with E-state index in [2.05, 4.69) is 4.98 Å². The molecular formula is C14H15N3O2S. The zero-order valence-electron chi connectivity index (χ0n) is 11.1. The Labute approximate surface area is 121 Å². The van der Waals surface area contributed by atoms with E-state index in [-0.39, 0.29) is 5.91 Å². The van der Waals surface area contributed by atoms with Crippen molar-refractivity contribution in [1.29, 1.82) is 0 Å². The van der Waals surface area contributed by atoms with Gasteiger partial charge in [0.2, 0.25) is 0 Å². The molecule has 2 heterocycles. The third-order valence-electron chi connectivity index (χ3n) is 3.17. The van der Waals surface area contributed by atoms with Crippen molar-refractivity contribution in [3.8, 4) is 5.75 Å². The number of hydrogen-bond acceptors (Lipinski definition) is 5. The summed E-state index contributed by atoms with van der Waals surface area (Å²) in [5.74, 6) is 0.598. The van der Waals surface area contributed by atoms with Crippen LogP contribution in [0.4, 0.5) is 5.13 Å². The van der Waals surface area contributed by atoms with Gasteiger partial charge >= 0.3 is 0 Å². The molecule has 0 fully saturated rings. The minimum Gasteiger partial charge on any atom is -0.493 e. The molecular weight excluding hydrogens is 274 g/mol. The molecule has 0 saturated heterocycles. The normalized spacial score (nSPS) is 13.3. The molecule has 0 unspecified atom stereocenters. The summed E-state index contributed by atoms with van der Waals surface area (Å²) >= 11 is 1.45. The second kappa shape index (κ2) is 5.13. The number of para-hydroxylation sites is 1. The maximum absolute atomic E-state index is 12.6. The van der Waals surface area contributed by atoms with E-state index in [1.165, 1.54) is 11.3 Å². The van der Waals surface area contributed by atoms with Crippen molar-refractivity contribution in [1.82, 2.24) is 9.88 Å². The Morgan fingerprint density at radius 3 is 3.00 bits per heavy atom. The lowest BCUT2D eigenvalue weighted by Crippen LogP contribution is -2.26. The van der Waals surface area contributed by atoms with Gasteiger partial charge in [0.05, 0.1) is 35.8 Å². The summed E-state index contributed by atoms with van der Waals surface area (Å²) in [5.41, 5.74) is 7.18. The number of rotatable bonds is 3. The van der Waals surface area contributed by atoms with E-state index < -0.39 is 0 Å². The minimum atomic E-state index is -0.0298. The topological polar surface area (TPSA) is 68.5 Å². The summed E-state index contributed by atoms with van der Waals surface area (Å²) < 4.78 is 5.51. The fourth-order valence-electron chi connectivity index (χ4n) is 2.30. The van der Waals surface area contributed by atoms with Crippen LogP contribution in [0, 0.1) is 0 Å². The van der Waals surface area contributed by atoms with Crippen molar-refractivity contribution in [3.05, 3.63) is 40.4 Å². The van der Waals surface area contributed by atoms with Crippen LogP contribution in [0.5, 0.6) is 5.75 Å². The Morgan fingerprint density at radius 1 is 1.45 bits per heavy atom. The number of fused-ring (bicyclic) bond motifs is 1. The second-order valence-electron chi connectivity index (χ2n) is 4.51. The van der Waals surface area contributed by atoms with Gasteiger partial charge < -0.3 is 15.4 Å². The van der Waals surface area contributed by atoms with Gasteiger partial charge in [0.15, 0.2) is 5.13 Å². The van der Waals surface area contributed by atoms with Gasteiger partial charge in [-0.3, -0.25) is 4.79 Å². The number of hydrogen-bond donors (Lipinski definition) is 1. The van der Waals surface area contributed by atoms with Crippen LogP contribution >= 0.6 is 11.3 Å². The molecule has 0 radical (unpaired) electrons. The van der Waals surface area contributed by atoms with Gasteiger partial charge in [0.1, 0.15) is 5.75 Å². The molecule has 2 N–H and O–H groups in total. The maximum atomic E-state index is 12.6. The van der Waals surface area contributed by atoms with Crippen LogP contribution in [0.15, 0.2) is 24.3 Å². The van der Waals surface area contributed by atoms with E-state index in [1.807, 2.05) is 25.1 Å². The molecule has 2 aromatic rings. The third kappa shape index (κ3) is 2.22. The summed E-state index contributed by atoms with van der Waals surface area (Å²) in [6.07, 6.45) is 0. The molecule has 1 aromatic heterocycles. The average molecular weight is 289 g/mol. The lowest BCUT2D eigenvalue weighted by Gasteiger charge is -2.17. The van der Waals surface area contributed by atoms with E-state index in [0.29, 0.717) is 36.1 Å². The molecule has 104 valence electrons. The molecule has 6 heteroatoms. The number of nitrogens with two attached hydrogens (primary N) is 1. The number of amides is 1. The smallest absolute Gasteiger partial charge is 0.258 e. The molecule has 5 nitrogen and oxygen atoms in total. The van der Waals surface area contributed by atoms with E-state index >= 15 is 0 Å². The number of nitrogens with zero attached hydrogens (tertiary/aromatic N) is 2. The van der Waals surface area contributed by atoms with Gasteiger partial charge in [-0.05, 0) is 19.1 Å². The maximum Gasteiger partial charge on any atom is 0.258 e. The van der Waals surface area contributed by atoms with Crippen LogP contribution in [0.3, 0.4) is 0 Å². The Hall–Kier alpha value is -2.08. The number of carbonyl (C=O) groups is 1. The second-order valence-corrected chi connectivity index (χ2v) is 5.63. The van der Waals surface area contributed by atoms with Gasteiger partial charge in [0, 0.05) is 0 Å². The Balaban J connectivity index is 1.82. The highest BCUT2D eigenvalue weighted by Crippen LogP contribution is 2.31. The first kappa shape index (κ1) is 12.9. The summed E-state index contributed by atoms with van der Waals surface area (Å²) in [4.78, 5) is 19.7. The zero-order chi connectivity index (χ0) is 14.1. The van der Waals surface area contributed by atoms with E-state index in [1.54, 1.807) is 11.0 Å². The molecule has 1 aliphatic heterocycles. The predicted octanol–water partition coefficient (Wildman–Crippen LogP) is 2.28. The van der Waals surface area contributed by atoms with Gasteiger partial charge in [-0.15, -0.1) is 11.3 Å². The molecule has 1 amide bonds. The quantitative estimate of drug-likeness (QED) is 0.941. The van der Waals surface area contributed by atoms with Crippen molar-refractivity contribution in [3.63, 3.8) is 0 Å². The Bertz CT molecular complexity index is 630. The summed E-state index contributed by atoms with van der Waals surface area (Å²) in [6.45, 7) is 3.53. The van der Waals surface area contributed by atoms with Crippen molar-refractivity contribution in [2.75, 3.05) is 12.3 Å². The summed E-state index contributed by atoms with van der Waals surface area (Å²) in [5, 5.41) is 0.566. The molecule has 20 heavy (non-hydrogen) atoms. The standard InChI is InChI=1S/C14H15N3O2S/c1-2-19-11-6-4-3-5-9(11)13(18)17-7-10-12(8-17)20-14(15)16-10/h3-6H,2,7-8H2,1H3,(H2,15,16). The Kier molecular flexibility index (Phi) is 3.31. The number of nitrogen functional groups attached to an aromatic ring is 1. The van der Waals surface area contributed by atoms with Crippen LogP contribution in [-0.4, -0.2) is 22.4 Å². The number of benzene rings is 1. The van der Waals surface area contributed by atoms with Crippen LogP contribution in [0.2, 0.25) is 0 Å². The number of aromatic nitrogens is 1. The van der Waals surface area contributed by atoms with Gasteiger partial charge in [0.25, 0.3) is 5.91 Å². The van der Waals surface area contributed by atoms with Crippen LogP contribution in [0.25, 0.3) is 0 Å². The lowest BCUT2D eigenvalue weighted by molar-refractivity contribution is 0.0747. The summed E-state index contributed by atoms with van der Waals surface area (Å²) in [6, 6.07) is 7.32. The molecule has 1 aliphatic rings. The molecule has 0 atom stereocenters. The van der Waals surface area contributed by atoms with Crippen molar-refractivity contribution in [2.24, 2.45) is 0 Å². The number of ether oxygens (including phenoxy) is 1. The molecule has 0 saturated carbocycles. The molecule has 3 rings (SSSR count). The third-order valence-corrected chi connectivity index (χ3v) is 4.09. The van der Waals surface area contributed by atoms with Crippen LogP contribution in [-0.2, 0) is 13.1 Å². The highest BCUT2D eigenvalue weighted by atomic mass is 32.1. The fraction of sp³-hybridized carbons (Fsp3) is 0.286. The van der Waals surface area contributed by atoms with Crippen molar-refractivity contribution < 1.29 is 9.53 Å². The highest BCUT2D eigenvalue weighted by Gasteiger charge is 2.28.